The van der Waals surface area contributed by atoms with E-state index in [2.05, 4.69) is 15.5 Å². The molecule has 5 nitrogen and oxygen atoms in total. The molecule has 1 aliphatic carbocycles. The van der Waals surface area contributed by atoms with Crippen LogP contribution in [0.1, 0.15) is 24.8 Å². The first-order valence-electron chi connectivity index (χ1n) is 8.24. The van der Waals surface area contributed by atoms with Crippen molar-refractivity contribution in [1.29, 1.82) is 0 Å². The Bertz CT molecular complexity index is 530. The molecule has 0 spiro atoms. The summed E-state index contributed by atoms with van der Waals surface area (Å²) in [7, 11) is 0. The number of likely N-dealkylation sites (tertiary alicyclic amines) is 1. The van der Waals surface area contributed by atoms with E-state index in [4.69, 9.17) is 4.74 Å². The fourth-order valence-corrected chi connectivity index (χ4v) is 3.95. The maximum atomic E-state index is 11.8. The van der Waals surface area contributed by atoms with Gasteiger partial charge in [-0.05, 0) is 24.8 Å². The second kappa shape index (κ2) is 5.89. The molecular weight excluding hydrogens is 278 g/mol. The van der Waals surface area contributed by atoms with Gasteiger partial charge >= 0.3 is 6.09 Å². The molecule has 0 radical (unpaired) electrons. The lowest BCUT2D eigenvalue weighted by Gasteiger charge is -2.44. The van der Waals surface area contributed by atoms with Crippen LogP contribution < -0.4 is 10.6 Å². The normalized spacial score (nSPS) is 33.5. The zero-order valence-electron chi connectivity index (χ0n) is 12.7. The summed E-state index contributed by atoms with van der Waals surface area (Å²) in [5.41, 5.74) is 1.02. The standard InChI is InChI=1S/C17H23N3O2/c21-17(22-11-12-4-2-1-3-5-12)19-13-6-15(7-13)20-10-14-8-16(20)9-18-14/h1-5,13-16,18H,6-11H2,(H,19,21)/t13?,14-,15?,16-/m0/s1. The molecule has 3 aliphatic rings. The van der Waals surface area contributed by atoms with Gasteiger partial charge in [0.2, 0.25) is 0 Å². The van der Waals surface area contributed by atoms with Gasteiger partial charge in [0, 0.05) is 37.3 Å². The number of carbonyl (C=O) groups is 1. The third-order valence-electron chi connectivity index (χ3n) is 5.22. The van der Waals surface area contributed by atoms with Gasteiger partial charge in [-0.3, -0.25) is 4.90 Å². The first kappa shape index (κ1) is 14.0. The third-order valence-corrected chi connectivity index (χ3v) is 5.22. The number of alkyl carbamates (subject to hydrolysis) is 1. The SMILES string of the molecule is O=C(NC1CC(N2C[C@@H]3C[C@H]2CN3)C1)OCc1ccccc1. The molecule has 1 saturated carbocycles. The average Bonchev–Trinajstić information content (AvgIpc) is 3.12. The van der Waals surface area contributed by atoms with E-state index in [1.807, 2.05) is 30.3 Å². The highest BCUT2D eigenvalue weighted by Crippen LogP contribution is 2.34. The summed E-state index contributed by atoms with van der Waals surface area (Å²) >= 11 is 0. The zero-order chi connectivity index (χ0) is 14.9. The van der Waals surface area contributed by atoms with Gasteiger partial charge in [0.1, 0.15) is 6.61 Å². The number of amides is 1. The smallest absolute Gasteiger partial charge is 0.407 e. The fraction of sp³-hybridized carbons (Fsp3) is 0.588. The minimum atomic E-state index is -0.295. The second-order valence-electron chi connectivity index (χ2n) is 6.72. The molecule has 22 heavy (non-hydrogen) atoms. The van der Waals surface area contributed by atoms with Crippen molar-refractivity contribution in [2.75, 3.05) is 13.1 Å². The Labute approximate surface area is 131 Å². The Hall–Kier alpha value is -1.59. The van der Waals surface area contributed by atoms with Crippen molar-refractivity contribution < 1.29 is 9.53 Å². The molecule has 2 bridgehead atoms. The lowest BCUT2D eigenvalue weighted by Crippen LogP contribution is -2.58. The van der Waals surface area contributed by atoms with E-state index in [1.165, 1.54) is 13.0 Å². The molecule has 2 atom stereocenters. The van der Waals surface area contributed by atoms with Crippen molar-refractivity contribution >= 4 is 6.09 Å². The molecular formula is C17H23N3O2. The van der Waals surface area contributed by atoms with Crippen LogP contribution in [0.25, 0.3) is 0 Å². The van der Waals surface area contributed by atoms with Crippen molar-refractivity contribution in [2.24, 2.45) is 0 Å². The van der Waals surface area contributed by atoms with E-state index >= 15 is 0 Å². The van der Waals surface area contributed by atoms with Gasteiger partial charge in [-0.25, -0.2) is 4.79 Å². The van der Waals surface area contributed by atoms with E-state index in [-0.39, 0.29) is 12.1 Å². The summed E-state index contributed by atoms with van der Waals surface area (Å²) < 4.78 is 5.27. The highest BCUT2D eigenvalue weighted by atomic mass is 16.5. The number of benzene rings is 1. The van der Waals surface area contributed by atoms with Crippen molar-refractivity contribution in [3.8, 4) is 0 Å². The van der Waals surface area contributed by atoms with Crippen LogP contribution in [0.5, 0.6) is 0 Å². The zero-order valence-corrected chi connectivity index (χ0v) is 12.7. The molecule has 118 valence electrons. The Kier molecular flexibility index (Phi) is 3.76. The van der Waals surface area contributed by atoms with Crippen molar-refractivity contribution in [2.45, 2.75) is 50.0 Å². The minimum Gasteiger partial charge on any atom is -0.445 e. The van der Waals surface area contributed by atoms with Gasteiger partial charge in [-0.1, -0.05) is 30.3 Å². The van der Waals surface area contributed by atoms with E-state index in [0.717, 1.165) is 31.0 Å². The number of ether oxygens (including phenoxy) is 1. The summed E-state index contributed by atoms with van der Waals surface area (Å²) in [6.07, 6.45) is 3.12. The van der Waals surface area contributed by atoms with Crippen LogP contribution in [0.3, 0.4) is 0 Å². The van der Waals surface area contributed by atoms with Gasteiger partial charge in [0.15, 0.2) is 0 Å². The molecule has 0 unspecified atom stereocenters. The van der Waals surface area contributed by atoms with Crippen molar-refractivity contribution in [3.63, 3.8) is 0 Å². The summed E-state index contributed by atoms with van der Waals surface area (Å²) in [4.78, 5) is 14.5. The Morgan fingerprint density at radius 3 is 2.73 bits per heavy atom. The van der Waals surface area contributed by atoms with Crippen LogP contribution in [-0.2, 0) is 11.3 Å². The second-order valence-corrected chi connectivity index (χ2v) is 6.72. The molecule has 3 fully saturated rings. The maximum Gasteiger partial charge on any atom is 0.407 e. The highest BCUT2D eigenvalue weighted by Gasteiger charge is 2.45. The first-order chi connectivity index (χ1) is 10.8. The van der Waals surface area contributed by atoms with Crippen LogP contribution in [0.15, 0.2) is 30.3 Å². The number of hydrogen-bond acceptors (Lipinski definition) is 4. The predicted molar refractivity (Wildman–Crippen MR) is 83.5 cm³/mol. The van der Waals surface area contributed by atoms with E-state index < -0.39 is 0 Å². The molecule has 2 saturated heterocycles. The Morgan fingerprint density at radius 2 is 2.05 bits per heavy atom. The van der Waals surface area contributed by atoms with Crippen molar-refractivity contribution in [3.05, 3.63) is 35.9 Å². The van der Waals surface area contributed by atoms with Crippen molar-refractivity contribution in [1.82, 2.24) is 15.5 Å². The van der Waals surface area contributed by atoms with Gasteiger partial charge in [-0.15, -0.1) is 0 Å². The fourth-order valence-electron chi connectivity index (χ4n) is 3.95. The van der Waals surface area contributed by atoms with E-state index in [9.17, 15) is 4.79 Å². The summed E-state index contributed by atoms with van der Waals surface area (Å²) in [6, 6.07) is 12.1. The molecule has 1 aromatic carbocycles. The number of fused-ring (bicyclic) bond motifs is 2. The number of piperazine rings is 1. The number of nitrogens with zero attached hydrogens (tertiary/aromatic N) is 1. The lowest BCUT2D eigenvalue weighted by molar-refractivity contribution is 0.0676. The predicted octanol–water partition coefficient (Wildman–Crippen LogP) is 1.49. The van der Waals surface area contributed by atoms with Gasteiger partial charge in [0.25, 0.3) is 0 Å². The molecule has 4 rings (SSSR count). The summed E-state index contributed by atoms with van der Waals surface area (Å²) in [6.45, 7) is 2.66. The van der Waals surface area contributed by atoms with Crippen LogP contribution in [0.4, 0.5) is 4.79 Å². The third kappa shape index (κ3) is 2.83. The number of carbonyl (C=O) groups excluding carboxylic acids is 1. The Balaban J connectivity index is 1.17. The summed E-state index contributed by atoms with van der Waals surface area (Å²) in [5, 5.41) is 6.51. The molecule has 2 N–H and O–H groups in total. The van der Waals surface area contributed by atoms with Crippen LogP contribution >= 0.6 is 0 Å². The first-order valence-corrected chi connectivity index (χ1v) is 8.24. The molecule has 1 amide bonds. The van der Waals surface area contributed by atoms with Gasteiger partial charge in [-0.2, -0.15) is 0 Å². The van der Waals surface area contributed by atoms with E-state index in [0.29, 0.717) is 18.7 Å². The molecule has 0 aromatic heterocycles. The van der Waals surface area contributed by atoms with Crippen LogP contribution in [-0.4, -0.2) is 48.3 Å². The maximum absolute atomic E-state index is 11.8. The molecule has 1 aromatic rings. The molecule has 2 heterocycles. The van der Waals surface area contributed by atoms with Crippen LogP contribution in [0, 0.1) is 0 Å². The minimum absolute atomic E-state index is 0.278. The van der Waals surface area contributed by atoms with Gasteiger partial charge in [0.05, 0.1) is 0 Å². The number of nitrogens with one attached hydrogen (secondary N) is 2. The quantitative estimate of drug-likeness (QED) is 0.885. The lowest BCUT2D eigenvalue weighted by atomic mass is 9.85. The van der Waals surface area contributed by atoms with Crippen LogP contribution in [0.2, 0.25) is 0 Å². The average molecular weight is 301 g/mol. The Morgan fingerprint density at radius 1 is 1.23 bits per heavy atom. The van der Waals surface area contributed by atoms with Gasteiger partial charge < -0.3 is 15.4 Å². The van der Waals surface area contributed by atoms with E-state index in [1.54, 1.807) is 0 Å². The monoisotopic (exact) mass is 301 g/mol. The number of hydrogen-bond donors (Lipinski definition) is 2. The largest absolute Gasteiger partial charge is 0.445 e. The highest BCUT2D eigenvalue weighted by molar-refractivity contribution is 5.67. The topological polar surface area (TPSA) is 53.6 Å². The molecule has 5 heteroatoms. The molecule has 2 aliphatic heterocycles. The number of rotatable bonds is 4. The summed E-state index contributed by atoms with van der Waals surface area (Å²) in [5.74, 6) is 0.